The van der Waals surface area contributed by atoms with Crippen LogP contribution in [0.15, 0.2) is 35.7 Å². The molecule has 5 nitrogen and oxygen atoms in total. The van der Waals surface area contributed by atoms with E-state index in [1.165, 1.54) is 36.0 Å². The van der Waals surface area contributed by atoms with E-state index in [9.17, 15) is 9.18 Å². The zero-order chi connectivity index (χ0) is 15.2. The maximum atomic E-state index is 12.9. The molecular weight excluding hydrogens is 293 g/mol. The molecule has 0 aliphatic rings. The molecule has 1 aromatic heterocycles. The highest BCUT2D eigenvalue weighted by molar-refractivity contribution is 8.00. The van der Waals surface area contributed by atoms with Gasteiger partial charge in [-0.1, -0.05) is 11.8 Å². The Hall–Kier alpha value is -1.73. The molecule has 0 N–H and O–H groups in total. The summed E-state index contributed by atoms with van der Waals surface area (Å²) in [5.74, 6) is -0.424. The molecule has 0 fully saturated rings. The molecule has 0 aliphatic heterocycles. The number of Topliss-reactive ketones (excluding diaryl/α,β-unsaturated/α-hetero) is 1. The van der Waals surface area contributed by atoms with Gasteiger partial charge in [-0.15, -0.1) is 10.2 Å². The molecule has 1 atom stereocenters. The fourth-order valence-electron chi connectivity index (χ4n) is 1.74. The lowest BCUT2D eigenvalue weighted by molar-refractivity contribution is 0.0994. The highest BCUT2D eigenvalue weighted by Gasteiger charge is 2.19. The number of methoxy groups -OCH3 is 1. The predicted molar refractivity (Wildman–Crippen MR) is 77.9 cm³/mol. The monoisotopic (exact) mass is 309 g/mol. The summed E-state index contributed by atoms with van der Waals surface area (Å²) in [6.07, 6.45) is 1.61. The molecule has 2 rings (SSSR count). The fraction of sp³-hybridized carbons (Fsp3) is 0.357. The Labute approximate surface area is 126 Å². The molecule has 0 radical (unpaired) electrons. The fourth-order valence-corrected chi connectivity index (χ4v) is 2.67. The molecule has 0 saturated carbocycles. The van der Waals surface area contributed by atoms with Crippen LogP contribution in [-0.4, -0.2) is 39.5 Å². The maximum absolute atomic E-state index is 12.9. The molecule has 0 unspecified atom stereocenters. The average molecular weight is 309 g/mol. The van der Waals surface area contributed by atoms with E-state index in [-0.39, 0.29) is 16.9 Å². The molecule has 1 aromatic carbocycles. The third kappa shape index (κ3) is 4.12. The van der Waals surface area contributed by atoms with E-state index >= 15 is 0 Å². The van der Waals surface area contributed by atoms with Crippen molar-refractivity contribution in [3.05, 3.63) is 42.0 Å². The van der Waals surface area contributed by atoms with Crippen molar-refractivity contribution in [2.45, 2.75) is 23.9 Å². The molecule has 0 bridgehead atoms. The van der Waals surface area contributed by atoms with Crippen LogP contribution < -0.4 is 0 Å². The number of nitrogens with zero attached hydrogens (tertiary/aromatic N) is 3. The van der Waals surface area contributed by atoms with Crippen LogP contribution in [0.25, 0.3) is 0 Å². The number of aromatic nitrogens is 3. The Morgan fingerprint density at radius 2 is 2.14 bits per heavy atom. The number of hydrogen-bond acceptors (Lipinski definition) is 5. The van der Waals surface area contributed by atoms with E-state index in [2.05, 4.69) is 10.2 Å². The van der Waals surface area contributed by atoms with Gasteiger partial charge in [-0.25, -0.2) is 4.39 Å². The van der Waals surface area contributed by atoms with Crippen LogP contribution in [0.5, 0.6) is 0 Å². The Bertz CT molecular complexity index is 601. The number of halogens is 1. The maximum Gasteiger partial charge on any atom is 0.191 e. The SMILES string of the molecule is COCCn1cnnc1S[C@@H](C)C(=O)c1ccc(F)cc1. The van der Waals surface area contributed by atoms with Crippen molar-refractivity contribution in [1.29, 1.82) is 0 Å². The molecule has 0 aliphatic carbocycles. The second-order valence-corrected chi connectivity index (χ2v) is 5.74. The van der Waals surface area contributed by atoms with Gasteiger partial charge in [0.1, 0.15) is 12.1 Å². The summed E-state index contributed by atoms with van der Waals surface area (Å²) >= 11 is 1.32. The first-order valence-corrected chi connectivity index (χ1v) is 7.33. The highest BCUT2D eigenvalue weighted by Crippen LogP contribution is 2.23. The zero-order valence-electron chi connectivity index (χ0n) is 11.8. The van der Waals surface area contributed by atoms with Crippen molar-refractivity contribution >= 4 is 17.5 Å². The quantitative estimate of drug-likeness (QED) is 0.581. The molecule has 112 valence electrons. The van der Waals surface area contributed by atoms with Gasteiger partial charge in [-0.3, -0.25) is 4.79 Å². The van der Waals surface area contributed by atoms with Gasteiger partial charge in [-0.2, -0.15) is 0 Å². The van der Waals surface area contributed by atoms with E-state index < -0.39 is 0 Å². The first kappa shape index (κ1) is 15.7. The molecule has 2 aromatic rings. The van der Waals surface area contributed by atoms with Gasteiger partial charge in [-0.05, 0) is 31.2 Å². The number of ketones is 1. The normalized spacial score (nSPS) is 12.3. The van der Waals surface area contributed by atoms with Crippen molar-refractivity contribution in [1.82, 2.24) is 14.8 Å². The van der Waals surface area contributed by atoms with Crippen molar-refractivity contribution in [2.24, 2.45) is 0 Å². The van der Waals surface area contributed by atoms with Crippen LogP contribution in [-0.2, 0) is 11.3 Å². The van der Waals surface area contributed by atoms with Gasteiger partial charge in [0.25, 0.3) is 0 Å². The zero-order valence-corrected chi connectivity index (χ0v) is 12.6. The summed E-state index contributed by atoms with van der Waals surface area (Å²) in [5, 5.41) is 8.18. The van der Waals surface area contributed by atoms with E-state index in [0.717, 1.165) is 0 Å². The van der Waals surface area contributed by atoms with Crippen LogP contribution in [0, 0.1) is 5.82 Å². The largest absolute Gasteiger partial charge is 0.383 e. The minimum atomic E-state index is -0.355. The third-order valence-electron chi connectivity index (χ3n) is 2.90. The molecular formula is C14H16FN3O2S. The Kier molecular flexibility index (Phi) is 5.46. The Morgan fingerprint density at radius 1 is 1.43 bits per heavy atom. The first-order chi connectivity index (χ1) is 10.1. The lowest BCUT2D eigenvalue weighted by Crippen LogP contribution is -2.15. The molecule has 0 saturated heterocycles. The standard InChI is InChI=1S/C14H16FN3O2S/c1-10(13(19)11-3-5-12(15)6-4-11)21-14-17-16-9-18(14)7-8-20-2/h3-6,9-10H,7-8H2,1-2H3/t10-/m0/s1. The van der Waals surface area contributed by atoms with Gasteiger partial charge in [0.05, 0.1) is 11.9 Å². The third-order valence-corrected chi connectivity index (χ3v) is 3.99. The van der Waals surface area contributed by atoms with E-state index in [0.29, 0.717) is 23.9 Å². The van der Waals surface area contributed by atoms with Crippen LogP contribution in [0.4, 0.5) is 4.39 Å². The molecule has 7 heteroatoms. The number of ether oxygens (including phenoxy) is 1. The summed E-state index contributed by atoms with van der Waals surface area (Å²) in [7, 11) is 1.62. The summed E-state index contributed by atoms with van der Waals surface area (Å²) in [5.41, 5.74) is 0.486. The summed E-state index contributed by atoms with van der Waals surface area (Å²) < 4.78 is 19.7. The minimum absolute atomic E-state index is 0.0682. The second-order valence-electron chi connectivity index (χ2n) is 4.43. The summed E-state index contributed by atoms with van der Waals surface area (Å²) in [6, 6.07) is 5.55. The lowest BCUT2D eigenvalue weighted by atomic mass is 10.1. The second kappa shape index (κ2) is 7.33. The van der Waals surface area contributed by atoms with Crippen molar-refractivity contribution < 1.29 is 13.9 Å². The summed E-state index contributed by atoms with van der Waals surface area (Å²) in [4.78, 5) is 12.3. The molecule has 0 spiro atoms. The molecule has 0 amide bonds. The topological polar surface area (TPSA) is 57.0 Å². The smallest absolute Gasteiger partial charge is 0.191 e. The van der Waals surface area contributed by atoms with Crippen LogP contribution in [0.2, 0.25) is 0 Å². The Morgan fingerprint density at radius 3 is 2.81 bits per heavy atom. The van der Waals surface area contributed by atoms with Crippen LogP contribution in [0.1, 0.15) is 17.3 Å². The van der Waals surface area contributed by atoms with Crippen molar-refractivity contribution in [3.8, 4) is 0 Å². The van der Waals surface area contributed by atoms with Gasteiger partial charge >= 0.3 is 0 Å². The number of carbonyl (C=O) groups excluding carboxylic acids is 1. The highest BCUT2D eigenvalue weighted by atomic mass is 32.2. The lowest BCUT2D eigenvalue weighted by Gasteiger charge is -2.11. The van der Waals surface area contributed by atoms with Crippen LogP contribution >= 0.6 is 11.8 Å². The van der Waals surface area contributed by atoms with Crippen molar-refractivity contribution in [2.75, 3.05) is 13.7 Å². The predicted octanol–water partition coefficient (Wildman–Crippen LogP) is 2.43. The minimum Gasteiger partial charge on any atom is -0.383 e. The number of carbonyl (C=O) groups is 1. The van der Waals surface area contributed by atoms with Gasteiger partial charge in [0.15, 0.2) is 10.9 Å². The van der Waals surface area contributed by atoms with Gasteiger partial charge in [0, 0.05) is 19.2 Å². The van der Waals surface area contributed by atoms with Crippen LogP contribution in [0.3, 0.4) is 0 Å². The van der Waals surface area contributed by atoms with E-state index in [4.69, 9.17) is 4.74 Å². The van der Waals surface area contributed by atoms with Gasteiger partial charge < -0.3 is 9.30 Å². The van der Waals surface area contributed by atoms with E-state index in [1.54, 1.807) is 20.4 Å². The number of thioether (sulfide) groups is 1. The van der Waals surface area contributed by atoms with Crippen molar-refractivity contribution in [3.63, 3.8) is 0 Å². The van der Waals surface area contributed by atoms with E-state index in [1.807, 2.05) is 4.57 Å². The Balaban J connectivity index is 2.03. The molecule has 1 heterocycles. The number of benzene rings is 1. The number of rotatable bonds is 7. The van der Waals surface area contributed by atoms with Gasteiger partial charge in [0.2, 0.25) is 0 Å². The first-order valence-electron chi connectivity index (χ1n) is 6.45. The molecule has 21 heavy (non-hydrogen) atoms. The average Bonchev–Trinajstić information content (AvgIpc) is 2.92. The summed E-state index contributed by atoms with van der Waals surface area (Å²) in [6.45, 7) is 2.97. The number of hydrogen-bond donors (Lipinski definition) is 0.